The first-order chi connectivity index (χ1) is 13.6. The molecule has 4 rings (SSSR count). The molecular formula is C21H26N3O3S-. The Morgan fingerprint density at radius 2 is 1.89 bits per heavy atom. The average molecular weight is 401 g/mol. The van der Waals surface area contributed by atoms with Crippen LogP contribution in [0.4, 0.5) is 5.82 Å². The molecule has 1 aliphatic heterocycles. The van der Waals surface area contributed by atoms with Crippen molar-refractivity contribution in [3.05, 3.63) is 41.6 Å². The normalized spacial score (nSPS) is 19.4. The van der Waals surface area contributed by atoms with E-state index in [2.05, 4.69) is 36.1 Å². The molecule has 0 amide bonds. The van der Waals surface area contributed by atoms with Crippen molar-refractivity contribution in [2.45, 2.75) is 38.0 Å². The van der Waals surface area contributed by atoms with E-state index in [0.29, 0.717) is 19.0 Å². The smallest absolute Gasteiger partial charge is 0.161 e. The second-order valence-electron chi connectivity index (χ2n) is 7.71. The van der Waals surface area contributed by atoms with Crippen LogP contribution in [0.15, 0.2) is 30.3 Å². The van der Waals surface area contributed by atoms with Gasteiger partial charge < -0.3 is 14.2 Å². The van der Waals surface area contributed by atoms with Gasteiger partial charge in [0.15, 0.2) is 5.82 Å². The number of aromatic nitrogens is 2. The van der Waals surface area contributed by atoms with Gasteiger partial charge in [-0.1, -0.05) is 48.7 Å². The van der Waals surface area contributed by atoms with Gasteiger partial charge in [0.05, 0.1) is 18.9 Å². The maximum Gasteiger partial charge on any atom is 0.161 e. The number of hydrogen-bond acceptors (Lipinski definition) is 6. The molecule has 0 radical (unpaired) electrons. The Morgan fingerprint density at radius 1 is 1.18 bits per heavy atom. The molecule has 1 unspecified atom stereocenters. The van der Waals surface area contributed by atoms with E-state index in [0.717, 1.165) is 55.8 Å². The SMILES string of the molecule is CCCc1ccc(-c2nc(N3CCOCC3)cc(C3(CS(=O)[O-])CC3)n2)cc1. The van der Waals surface area contributed by atoms with Crippen molar-refractivity contribution < 1.29 is 13.5 Å². The Hall–Kier alpha value is -1.83. The molecular weight excluding hydrogens is 374 g/mol. The Bertz CT molecular complexity index is 846. The molecule has 2 aromatic rings. The Balaban J connectivity index is 1.72. The van der Waals surface area contributed by atoms with E-state index in [1.807, 2.05) is 6.07 Å². The van der Waals surface area contributed by atoms with E-state index in [1.54, 1.807) is 0 Å². The summed E-state index contributed by atoms with van der Waals surface area (Å²) in [5.74, 6) is 1.66. The van der Waals surface area contributed by atoms with Crippen LogP contribution in [-0.2, 0) is 27.7 Å². The highest BCUT2D eigenvalue weighted by molar-refractivity contribution is 7.79. The lowest BCUT2D eigenvalue weighted by molar-refractivity contribution is 0.122. The number of nitrogens with zero attached hydrogens (tertiary/aromatic N) is 3. The number of hydrogen-bond donors (Lipinski definition) is 0. The van der Waals surface area contributed by atoms with E-state index < -0.39 is 11.1 Å². The van der Waals surface area contributed by atoms with Gasteiger partial charge in [-0.2, -0.15) is 0 Å². The predicted octanol–water partition coefficient (Wildman–Crippen LogP) is 2.84. The van der Waals surface area contributed by atoms with Crippen LogP contribution in [-0.4, -0.2) is 50.8 Å². The van der Waals surface area contributed by atoms with Gasteiger partial charge in [-0.05, 0) is 24.8 Å². The summed E-state index contributed by atoms with van der Waals surface area (Å²) in [6.07, 6.45) is 3.88. The standard InChI is InChI=1S/C21H27N3O3S/c1-2-3-16-4-6-17(7-5-16)20-22-18(21(8-9-21)15-28(25)26)14-19(23-20)24-10-12-27-13-11-24/h4-7,14H,2-3,8-13,15H2,1H3,(H,25,26)/p-1. The van der Waals surface area contributed by atoms with Crippen LogP contribution in [0.3, 0.4) is 0 Å². The van der Waals surface area contributed by atoms with Crippen molar-refractivity contribution in [1.82, 2.24) is 9.97 Å². The second-order valence-corrected chi connectivity index (χ2v) is 8.61. The van der Waals surface area contributed by atoms with E-state index in [4.69, 9.17) is 14.7 Å². The van der Waals surface area contributed by atoms with Gasteiger partial charge in [0.1, 0.15) is 5.82 Å². The molecule has 150 valence electrons. The third kappa shape index (κ3) is 4.26. The van der Waals surface area contributed by atoms with Gasteiger partial charge in [-0.15, -0.1) is 0 Å². The third-order valence-electron chi connectivity index (χ3n) is 5.59. The number of anilines is 1. The van der Waals surface area contributed by atoms with Gasteiger partial charge in [-0.25, -0.2) is 9.97 Å². The molecule has 1 saturated heterocycles. The zero-order valence-corrected chi connectivity index (χ0v) is 17.0. The van der Waals surface area contributed by atoms with Crippen molar-refractivity contribution in [2.75, 3.05) is 37.0 Å². The summed E-state index contributed by atoms with van der Waals surface area (Å²) in [5, 5.41) is 0. The molecule has 7 heteroatoms. The molecule has 1 aromatic heterocycles. The van der Waals surface area contributed by atoms with E-state index in [9.17, 15) is 8.76 Å². The number of morpholine rings is 1. The molecule has 0 N–H and O–H groups in total. The molecule has 2 fully saturated rings. The number of aryl methyl sites for hydroxylation is 1. The fourth-order valence-electron chi connectivity index (χ4n) is 3.75. The van der Waals surface area contributed by atoms with Crippen LogP contribution in [0, 0.1) is 0 Å². The monoisotopic (exact) mass is 400 g/mol. The molecule has 2 heterocycles. The molecule has 1 aromatic carbocycles. The van der Waals surface area contributed by atoms with Crippen LogP contribution in [0.1, 0.15) is 37.4 Å². The number of ether oxygens (including phenoxy) is 1. The largest absolute Gasteiger partial charge is 0.772 e. The third-order valence-corrected chi connectivity index (χ3v) is 6.38. The molecule has 1 aliphatic carbocycles. The first-order valence-corrected chi connectivity index (χ1v) is 11.2. The Kier molecular flexibility index (Phi) is 5.75. The van der Waals surface area contributed by atoms with Crippen LogP contribution in [0.5, 0.6) is 0 Å². The van der Waals surface area contributed by atoms with E-state index in [1.165, 1.54) is 5.56 Å². The summed E-state index contributed by atoms with van der Waals surface area (Å²) in [4.78, 5) is 11.8. The number of benzene rings is 1. The van der Waals surface area contributed by atoms with Gasteiger partial charge in [0.25, 0.3) is 0 Å². The van der Waals surface area contributed by atoms with Gasteiger partial charge in [0, 0.05) is 35.9 Å². The van der Waals surface area contributed by atoms with Gasteiger partial charge in [0.2, 0.25) is 0 Å². The van der Waals surface area contributed by atoms with E-state index >= 15 is 0 Å². The predicted molar refractivity (Wildman–Crippen MR) is 109 cm³/mol. The maximum atomic E-state index is 11.4. The fourth-order valence-corrected chi connectivity index (χ4v) is 4.64. The maximum absolute atomic E-state index is 11.4. The van der Waals surface area contributed by atoms with Gasteiger partial charge in [-0.3, -0.25) is 4.21 Å². The summed E-state index contributed by atoms with van der Waals surface area (Å²) in [5.41, 5.74) is 2.76. The molecule has 1 saturated carbocycles. The van der Waals surface area contributed by atoms with Crippen molar-refractivity contribution >= 4 is 16.9 Å². The summed E-state index contributed by atoms with van der Waals surface area (Å²) in [7, 11) is 0. The second kappa shape index (κ2) is 8.27. The van der Waals surface area contributed by atoms with Crippen molar-refractivity contribution in [1.29, 1.82) is 0 Å². The van der Waals surface area contributed by atoms with Crippen molar-refractivity contribution in [3.8, 4) is 11.4 Å². The molecule has 2 aliphatic rings. The first-order valence-electron chi connectivity index (χ1n) is 9.97. The zero-order chi connectivity index (χ0) is 19.6. The Morgan fingerprint density at radius 3 is 2.50 bits per heavy atom. The van der Waals surface area contributed by atoms with Crippen LogP contribution < -0.4 is 4.90 Å². The molecule has 1 atom stereocenters. The fraction of sp³-hybridized carbons (Fsp3) is 0.524. The minimum Gasteiger partial charge on any atom is -0.772 e. The van der Waals surface area contributed by atoms with Crippen molar-refractivity contribution in [2.24, 2.45) is 0 Å². The van der Waals surface area contributed by atoms with Crippen LogP contribution in [0.25, 0.3) is 11.4 Å². The molecule has 28 heavy (non-hydrogen) atoms. The summed E-state index contributed by atoms with van der Waals surface area (Å²) < 4.78 is 28.3. The van der Waals surface area contributed by atoms with Crippen molar-refractivity contribution in [3.63, 3.8) is 0 Å². The summed E-state index contributed by atoms with van der Waals surface area (Å²) in [6, 6.07) is 10.4. The minimum absolute atomic E-state index is 0.126. The van der Waals surface area contributed by atoms with E-state index in [-0.39, 0.29) is 11.2 Å². The highest BCUT2D eigenvalue weighted by Gasteiger charge is 2.46. The molecule has 0 spiro atoms. The lowest BCUT2D eigenvalue weighted by atomic mass is 10.0. The number of rotatable bonds is 7. The zero-order valence-electron chi connectivity index (χ0n) is 16.2. The topological polar surface area (TPSA) is 78.4 Å². The Labute approximate surface area is 168 Å². The summed E-state index contributed by atoms with van der Waals surface area (Å²) >= 11 is -2.08. The molecule has 0 bridgehead atoms. The molecule has 6 nitrogen and oxygen atoms in total. The highest BCUT2D eigenvalue weighted by Crippen LogP contribution is 2.48. The summed E-state index contributed by atoms with van der Waals surface area (Å²) in [6.45, 7) is 5.09. The minimum atomic E-state index is -2.08. The first kappa shape index (κ1) is 19.5. The van der Waals surface area contributed by atoms with Gasteiger partial charge >= 0.3 is 0 Å². The van der Waals surface area contributed by atoms with Crippen LogP contribution in [0.2, 0.25) is 0 Å². The lowest BCUT2D eigenvalue weighted by Crippen LogP contribution is -2.37. The average Bonchev–Trinajstić information content (AvgIpc) is 3.49. The highest BCUT2D eigenvalue weighted by atomic mass is 32.2. The van der Waals surface area contributed by atoms with Crippen LogP contribution >= 0.6 is 0 Å². The lowest BCUT2D eigenvalue weighted by Gasteiger charge is -2.29. The quantitative estimate of drug-likeness (QED) is 0.665.